The molecule has 2 aromatic carbocycles. The quantitative estimate of drug-likeness (QED) is 0.624. The second-order valence-electron chi connectivity index (χ2n) is 7.42. The summed E-state index contributed by atoms with van der Waals surface area (Å²) in [4.78, 5) is 0.181. The zero-order valence-corrected chi connectivity index (χ0v) is 18.8. The molecule has 0 amide bonds. The minimum atomic E-state index is -3.80. The Kier molecular flexibility index (Phi) is 7.65. The molecular formula is C21H29N3O4S2. The van der Waals surface area contributed by atoms with Crippen LogP contribution in [0.15, 0.2) is 59.5 Å². The maximum Gasteiger partial charge on any atom is 0.243 e. The van der Waals surface area contributed by atoms with E-state index in [0.717, 1.165) is 11.1 Å². The van der Waals surface area contributed by atoms with E-state index < -0.39 is 20.0 Å². The van der Waals surface area contributed by atoms with Crippen LogP contribution in [0.5, 0.6) is 0 Å². The van der Waals surface area contributed by atoms with E-state index in [1.807, 2.05) is 37.3 Å². The molecule has 9 heteroatoms. The molecule has 1 fully saturated rings. The molecule has 164 valence electrons. The fraction of sp³-hybridized carbons (Fsp3) is 0.429. The highest BCUT2D eigenvalue weighted by Gasteiger charge is 2.29. The Labute approximate surface area is 179 Å². The lowest BCUT2D eigenvalue weighted by atomic mass is 10.1. The number of nitrogens with zero attached hydrogens (tertiary/aromatic N) is 2. The number of aryl methyl sites for hydroxylation is 1. The van der Waals surface area contributed by atoms with Crippen molar-refractivity contribution in [3.63, 3.8) is 0 Å². The number of sulfonamides is 2. The molecule has 3 rings (SSSR count). The first-order valence-electron chi connectivity index (χ1n) is 10.1. The lowest BCUT2D eigenvalue weighted by molar-refractivity contribution is 0.356. The summed E-state index contributed by atoms with van der Waals surface area (Å²) < 4.78 is 54.8. The molecule has 0 aromatic heterocycles. The van der Waals surface area contributed by atoms with E-state index in [0.29, 0.717) is 32.6 Å². The Bertz CT molecular complexity index is 1020. The van der Waals surface area contributed by atoms with Crippen LogP contribution in [-0.4, -0.2) is 70.5 Å². The maximum atomic E-state index is 13.3. The smallest absolute Gasteiger partial charge is 0.243 e. The number of piperazine rings is 1. The van der Waals surface area contributed by atoms with E-state index in [-0.39, 0.29) is 23.7 Å². The molecule has 0 atom stereocenters. The average molecular weight is 452 g/mol. The fourth-order valence-corrected chi connectivity index (χ4v) is 6.38. The van der Waals surface area contributed by atoms with Crippen LogP contribution < -0.4 is 5.32 Å². The normalized spacial score (nSPS) is 16.1. The third-order valence-corrected chi connectivity index (χ3v) is 8.98. The van der Waals surface area contributed by atoms with Crippen molar-refractivity contribution in [2.75, 3.05) is 45.0 Å². The molecule has 1 saturated heterocycles. The number of rotatable bonds is 9. The zero-order chi connectivity index (χ0) is 21.6. The predicted octanol–water partition coefficient (Wildman–Crippen LogP) is 1.46. The second-order valence-corrected chi connectivity index (χ2v) is 11.4. The highest BCUT2D eigenvalue weighted by molar-refractivity contribution is 7.90. The van der Waals surface area contributed by atoms with E-state index in [4.69, 9.17) is 0 Å². The number of benzene rings is 2. The van der Waals surface area contributed by atoms with Gasteiger partial charge < -0.3 is 5.32 Å². The number of hydrogen-bond acceptors (Lipinski definition) is 5. The fourth-order valence-electron chi connectivity index (χ4n) is 3.38. The van der Waals surface area contributed by atoms with Crippen LogP contribution in [0.4, 0.5) is 0 Å². The molecule has 0 saturated carbocycles. The monoisotopic (exact) mass is 451 g/mol. The summed E-state index contributed by atoms with van der Waals surface area (Å²) in [6.45, 7) is 4.08. The van der Waals surface area contributed by atoms with Crippen molar-refractivity contribution in [1.82, 2.24) is 13.9 Å². The lowest BCUT2D eigenvalue weighted by Gasteiger charge is -2.28. The van der Waals surface area contributed by atoms with Crippen molar-refractivity contribution in [1.29, 1.82) is 0 Å². The van der Waals surface area contributed by atoms with Crippen LogP contribution >= 0.6 is 0 Å². The number of nitrogens with one attached hydrogen (secondary N) is 1. The van der Waals surface area contributed by atoms with Gasteiger partial charge in [-0.2, -0.15) is 8.61 Å². The predicted molar refractivity (Wildman–Crippen MR) is 118 cm³/mol. The highest BCUT2D eigenvalue weighted by atomic mass is 32.2. The van der Waals surface area contributed by atoms with Gasteiger partial charge in [-0.25, -0.2) is 16.8 Å². The van der Waals surface area contributed by atoms with Crippen molar-refractivity contribution in [2.24, 2.45) is 0 Å². The molecule has 0 unspecified atom stereocenters. The van der Waals surface area contributed by atoms with Gasteiger partial charge in [-0.05, 0) is 31.0 Å². The van der Waals surface area contributed by atoms with E-state index in [1.165, 1.54) is 8.61 Å². The topological polar surface area (TPSA) is 86.8 Å². The Balaban J connectivity index is 1.78. The third-order valence-electron chi connectivity index (χ3n) is 5.22. The maximum absolute atomic E-state index is 13.3. The summed E-state index contributed by atoms with van der Waals surface area (Å²) in [5.74, 6) is -0.229. The Hall–Kier alpha value is -1.78. The van der Waals surface area contributed by atoms with Gasteiger partial charge in [-0.15, -0.1) is 0 Å². The average Bonchev–Trinajstić information content (AvgIpc) is 2.75. The molecule has 1 aliphatic heterocycles. The molecule has 0 aliphatic carbocycles. The van der Waals surface area contributed by atoms with Gasteiger partial charge in [0.25, 0.3) is 0 Å². The SMILES string of the molecule is Cc1ccc(S(=O)(=O)N(CCc2ccccc2)CCS(=O)(=O)N2CCNCC2)cc1. The molecule has 1 heterocycles. The molecule has 0 spiro atoms. The first-order chi connectivity index (χ1) is 14.3. The largest absolute Gasteiger partial charge is 0.314 e. The standard InChI is InChI=1S/C21H29N3O4S2/c1-19-7-9-21(10-8-19)30(27,28)24(14-11-20-5-3-2-4-6-20)17-18-29(25,26)23-15-12-22-13-16-23/h2-10,22H,11-18H2,1H3. The van der Waals surface area contributed by atoms with Crippen molar-refractivity contribution < 1.29 is 16.8 Å². The zero-order valence-electron chi connectivity index (χ0n) is 17.2. The Morgan fingerprint density at radius 1 is 0.900 bits per heavy atom. The van der Waals surface area contributed by atoms with Gasteiger partial charge >= 0.3 is 0 Å². The van der Waals surface area contributed by atoms with Gasteiger partial charge in [0.2, 0.25) is 20.0 Å². The van der Waals surface area contributed by atoms with E-state index in [2.05, 4.69) is 5.32 Å². The molecule has 1 aliphatic rings. The summed E-state index contributed by atoms with van der Waals surface area (Å²) in [6, 6.07) is 16.2. The van der Waals surface area contributed by atoms with Crippen LogP contribution in [0.25, 0.3) is 0 Å². The summed E-state index contributed by atoms with van der Waals surface area (Å²) in [7, 11) is -7.33. The van der Waals surface area contributed by atoms with Gasteiger partial charge in [0, 0.05) is 39.3 Å². The van der Waals surface area contributed by atoms with E-state index in [1.54, 1.807) is 24.3 Å². The first-order valence-corrected chi connectivity index (χ1v) is 13.1. The molecule has 7 nitrogen and oxygen atoms in total. The van der Waals surface area contributed by atoms with Gasteiger partial charge in [0.15, 0.2) is 0 Å². The summed E-state index contributed by atoms with van der Waals surface area (Å²) in [5.41, 5.74) is 1.97. The second kappa shape index (κ2) is 10.0. The first kappa shape index (κ1) is 22.9. The van der Waals surface area contributed by atoms with Crippen molar-refractivity contribution in [3.8, 4) is 0 Å². The molecular weight excluding hydrogens is 422 g/mol. The minimum Gasteiger partial charge on any atom is -0.314 e. The van der Waals surface area contributed by atoms with Crippen LogP contribution in [-0.2, 0) is 26.5 Å². The summed E-state index contributed by atoms with van der Waals surface area (Å²) in [6.07, 6.45) is 0.514. The summed E-state index contributed by atoms with van der Waals surface area (Å²) in [5, 5.41) is 3.13. The molecule has 2 aromatic rings. The van der Waals surface area contributed by atoms with Crippen molar-refractivity contribution in [2.45, 2.75) is 18.2 Å². The number of hydrogen-bond donors (Lipinski definition) is 1. The van der Waals surface area contributed by atoms with E-state index in [9.17, 15) is 16.8 Å². The molecule has 1 N–H and O–H groups in total. The van der Waals surface area contributed by atoms with Gasteiger partial charge in [-0.1, -0.05) is 48.0 Å². The third kappa shape index (κ3) is 5.89. The Morgan fingerprint density at radius 2 is 1.53 bits per heavy atom. The lowest BCUT2D eigenvalue weighted by Crippen LogP contribution is -2.48. The van der Waals surface area contributed by atoms with Crippen LogP contribution in [0, 0.1) is 6.92 Å². The Morgan fingerprint density at radius 3 is 2.17 bits per heavy atom. The van der Waals surface area contributed by atoms with Crippen molar-refractivity contribution in [3.05, 3.63) is 65.7 Å². The summed E-state index contributed by atoms with van der Waals surface area (Å²) >= 11 is 0. The van der Waals surface area contributed by atoms with Gasteiger partial charge in [0.1, 0.15) is 0 Å². The molecule has 0 radical (unpaired) electrons. The minimum absolute atomic E-state index is 0.0741. The van der Waals surface area contributed by atoms with E-state index >= 15 is 0 Å². The highest BCUT2D eigenvalue weighted by Crippen LogP contribution is 2.18. The van der Waals surface area contributed by atoms with Crippen LogP contribution in [0.3, 0.4) is 0 Å². The van der Waals surface area contributed by atoms with Crippen LogP contribution in [0.1, 0.15) is 11.1 Å². The van der Waals surface area contributed by atoms with Crippen molar-refractivity contribution >= 4 is 20.0 Å². The van der Waals surface area contributed by atoms with Gasteiger partial charge in [-0.3, -0.25) is 0 Å². The van der Waals surface area contributed by atoms with Gasteiger partial charge in [0.05, 0.1) is 10.6 Å². The molecule has 0 bridgehead atoms. The van der Waals surface area contributed by atoms with Crippen LogP contribution in [0.2, 0.25) is 0 Å². The molecule has 30 heavy (non-hydrogen) atoms.